The fourth-order valence-corrected chi connectivity index (χ4v) is 1.73. The molecule has 0 atom stereocenters. The van der Waals surface area contributed by atoms with Crippen molar-refractivity contribution in [3.63, 3.8) is 0 Å². The Morgan fingerprint density at radius 3 is 2.53 bits per heavy atom. The number of amides is 1. The molecule has 1 aromatic carbocycles. The zero-order valence-electron chi connectivity index (χ0n) is 11.5. The Morgan fingerprint density at radius 1 is 1.37 bits per heavy atom. The zero-order chi connectivity index (χ0) is 14.4. The predicted octanol–water partition coefficient (Wildman–Crippen LogP) is 2.18. The lowest BCUT2D eigenvalue weighted by Gasteiger charge is -2.17. The van der Waals surface area contributed by atoms with Crippen molar-refractivity contribution in [2.45, 2.75) is 20.8 Å². The third kappa shape index (κ3) is 4.33. The minimum absolute atomic E-state index is 0.0145. The van der Waals surface area contributed by atoms with Crippen molar-refractivity contribution in [2.75, 3.05) is 25.0 Å². The van der Waals surface area contributed by atoms with Gasteiger partial charge in [0.15, 0.2) is 0 Å². The van der Waals surface area contributed by atoms with Gasteiger partial charge in [0.1, 0.15) is 0 Å². The van der Waals surface area contributed by atoms with Crippen LogP contribution in [-0.4, -0.2) is 35.4 Å². The van der Waals surface area contributed by atoms with E-state index in [4.69, 9.17) is 0 Å². The maximum Gasteiger partial charge on any atom is 0.274 e. The predicted molar refractivity (Wildman–Crippen MR) is 74.3 cm³/mol. The van der Waals surface area contributed by atoms with E-state index in [-0.39, 0.29) is 18.1 Å². The summed E-state index contributed by atoms with van der Waals surface area (Å²) < 4.78 is 0. The molecule has 0 aliphatic rings. The Bertz CT molecular complexity index is 470. The van der Waals surface area contributed by atoms with Crippen LogP contribution in [0, 0.1) is 17.0 Å². The molecule has 0 bridgehead atoms. The largest absolute Gasteiger partial charge is 0.325 e. The average Bonchev–Trinajstić information content (AvgIpc) is 2.37. The highest BCUT2D eigenvalue weighted by Crippen LogP contribution is 2.22. The van der Waals surface area contributed by atoms with E-state index in [0.717, 1.165) is 13.1 Å². The number of anilines is 1. The van der Waals surface area contributed by atoms with E-state index in [1.807, 2.05) is 18.7 Å². The lowest BCUT2D eigenvalue weighted by molar-refractivity contribution is -0.385. The van der Waals surface area contributed by atoms with Gasteiger partial charge in [0, 0.05) is 17.3 Å². The Kier molecular flexibility index (Phi) is 5.44. The number of carbonyl (C=O) groups is 1. The van der Waals surface area contributed by atoms with Crippen LogP contribution in [-0.2, 0) is 4.79 Å². The zero-order valence-corrected chi connectivity index (χ0v) is 11.5. The lowest BCUT2D eigenvalue weighted by atomic mass is 10.2. The summed E-state index contributed by atoms with van der Waals surface area (Å²) in [7, 11) is 0. The van der Waals surface area contributed by atoms with E-state index < -0.39 is 4.92 Å². The molecule has 1 rings (SSSR count). The van der Waals surface area contributed by atoms with Crippen LogP contribution < -0.4 is 5.32 Å². The molecule has 0 heterocycles. The van der Waals surface area contributed by atoms with E-state index in [9.17, 15) is 14.9 Å². The summed E-state index contributed by atoms with van der Waals surface area (Å²) in [5.74, 6) is -0.165. The maximum absolute atomic E-state index is 11.8. The Labute approximate surface area is 112 Å². The highest BCUT2D eigenvalue weighted by Gasteiger charge is 2.13. The number of hydrogen-bond donors (Lipinski definition) is 1. The molecule has 1 N–H and O–H groups in total. The van der Waals surface area contributed by atoms with Gasteiger partial charge in [-0.1, -0.05) is 19.9 Å². The number of nitro groups is 1. The smallest absolute Gasteiger partial charge is 0.274 e. The number of carbonyl (C=O) groups excluding carboxylic acids is 1. The van der Waals surface area contributed by atoms with Gasteiger partial charge in [0.25, 0.3) is 5.69 Å². The summed E-state index contributed by atoms with van der Waals surface area (Å²) in [6, 6.07) is 4.68. The summed E-state index contributed by atoms with van der Waals surface area (Å²) in [4.78, 5) is 24.1. The van der Waals surface area contributed by atoms with E-state index in [2.05, 4.69) is 5.32 Å². The summed E-state index contributed by atoms with van der Waals surface area (Å²) in [5, 5.41) is 13.5. The molecule has 0 fully saturated rings. The number of aryl methyl sites for hydroxylation is 1. The Hall–Kier alpha value is -1.95. The standard InChI is InChI=1S/C13H19N3O3/c1-4-15(5-2)9-13(17)14-11-7-6-10(3)12(8-11)16(18)19/h6-8H,4-5,9H2,1-3H3,(H,14,17). The van der Waals surface area contributed by atoms with Gasteiger partial charge in [-0.3, -0.25) is 19.8 Å². The first-order valence-corrected chi connectivity index (χ1v) is 6.25. The summed E-state index contributed by atoms with van der Waals surface area (Å²) in [6.07, 6.45) is 0. The fraction of sp³-hybridized carbons (Fsp3) is 0.462. The van der Waals surface area contributed by atoms with E-state index >= 15 is 0 Å². The van der Waals surface area contributed by atoms with Crippen LogP contribution in [0.5, 0.6) is 0 Å². The summed E-state index contributed by atoms with van der Waals surface area (Å²) in [6.45, 7) is 7.49. The van der Waals surface area contributed by atoms with Gasteiger partial charge in [-0.2, -0.15) is 0 Å². The topological polar surface area (TPSA) is 75.5 Å². The number of hydrogen-bond acceptors (Lipinski definition) is 4. The number of likely N-dealkylation sites (N-methyl/N-ethyl adjacent to an activating group) is 1. The van der Waals surface area contributed by atoms with Gasteiger partial charge in [0.05, 0.1) is 11.5 Å². The first-order valence-electron chi connectivity index (χ1n) is 6.25. The van der Waals surface area contributed by atoms with Crippen LogP contribution in [0.2, 0.25) is 0 Å². The SMILES string of the molecule is CCN(CC)CC(=O)Nc1ccc(C)c([N+](=O)[O-])c1. The highest BCUT2D eigenvalue weighted by molar-refractivity contribution is 5.92. The van der Waals surface area contributed by atoms with Crippen LogP contribution >= 0.6 is 0 Å². The Morgan fingerprint density at radius 2 is 2.00 bits per heavy atom. The van der Waals surface area contributed by atoms with Gasteiger partial charge in [-0.15, -0.1) is 0 Å². The number of rotatable bonds is 6. The summed E-state index contributed by atoms with van der Waals surface area (Å²) >= 11 is 0. The van der Waals surface area contributed by atoms with Crippen molar-refractivity contribution in [3.05, 3.63) is 33.9 Å². The molecular formula is C13H19N3O3. The molecule has 0 aromatic heterocycles. The quantitative estimate of drug-likeness (QED) is 0.632. The number of nitrogens with one attached hydrogen (secondary N) is 1. The number of nitro benzene ring substituents is 1. The third-order valence-electron chi connectivity index (χ3n) is 2.95. The highest BCUT2D eigenvalue weighted by atomic mass is 16.6. The van der Waals surface area contributed by atoms with Crippen LogP contribution in [0.25, 0.3) is 0 Å². The third-order valence-corrected chi connectivity index (χ3v) is 2.95. The van der Waals surface area contributed by atoms with Crippen LogP contribution in [0.4, 0.5) is 11.4 Å². The van der Waals surface area contributed by atoms with Crippen molar-refractivity contribution in [3.8, 4) is 0 Å². The first-order chi connectivity index (χ1) is 8.97. The molecular weight excluding hydrogens is 246 g/mol. The van der Waals surface area contributed by atoms with Crippen molar-refractivity contribution < 1.29 is 9.72 Å². The molecule has 0 saturated carbocycles. The second-order valence-electron chi connectivity index (χ2n) is 4.27. The van der Waals surface area contributed by atoms with Crippen LogP contribution in [0.1, 0.15) is 19.4 Å². The van der Waals surface area contributed by atoms with Crippen molar-refractivity contribution in [1.29, 1.82) is 0 Å². The van der Waals surface area contributed by atoms with Gasteiger partial charge in [-0.25, -0.2) is 0 Å². The van der Waals surface area contributed by atoms with Gasteiger partial charge in [0.2, 0.25) is 5.91 Å². The Balaban J connectivity index is 2.74. The fourth-order valence-electron chi connectivity index (χ4n) is 1.73. The van der Waals surface area contributed by atoms with Crippen molar-refractivity contribution >= 4 is 17.3 Å². The molecule has 0 saturated heterocycles. The van der Waals surface area contributed by atoms with E-state index in [1.165, 1.54) is 6.07 Å². The minimum Gasteiger partial charge on any atom is -0.325 e. The van der Waals surface area contributed by atoms with Crippen molar-refractivity contribution in [2.24, 2.45) is 0 Å². The molecule has 0 radical (unpaired) electrons. The maximum atomic E-state index is 11.8. The minimum atomic E-state index is -0.449. The normalized spacial score (nSPS) is 10.5. The van der Waals surface area contributed by atoms with E-state index in [1.54, 1.807) is 19.1 Å². The number of nitrogens with zero attached hydrogens (tertiary/aromatic N) is 2. The molecule has 0 aliphatic carbocycles. The molecule has 0 aliphatic heterocycles. The second kappa shape index (κ2) is 6.84. The monoisotopic (exact) mass is 265 g/mol. The van der Waals surface area contributed by atoms with Crippen molar-refractivity contribution in [1.82, 2.24) is 4.90 Å². The molecule has 1 aromatic rings. The first kappa shape index (κ1) is 15.1. The van der Waals surface area contributed by atoms with Gasteiger partial charge in [-0.05, 0) is 26.1 Å². The lowest BCUT2D eigenvalue weighted by Crippen LogP contribution is -2.32. The van der Waals surface area contributed by atoms with Crippen LogP contribution in [0.15, 0.2) is 18.2 Å². The van der Waals surface area contributed by atoms with Gasteiger partial charge < -0.3 is 5.32 Å². The molecule has 19 heavy (non-hydrogen) atoms. The molecule has 6 nitrogen and oxygen atoms in total. The molecule has 104 valence electrons. The number of benzene rings is 1. The van der Waals surface area contributed by atoms with Gasteiger partial charge >= 0.3 is 0 Å². The molecule has 1 amide bonds. The molecule has 0 unspecified atom stereocenters. The molecule has 6 heteroatoms. The summed E-state index contributed by atoms with van der Waals surface area (Å²) in [5.41, 5.74) is 1.04. The average molecular weight is 265 g/mol. The van der Waals surface area contributed by atoms with Crippen LogP contribution in [0.3, 0.4) is 0 Å². The molecule has 0 spiro atoms. The second-order valence-corrected chi connectivity index (χ2v) is 4.27. The van der Waals surface area contributed by atoms with E-state index in [0.29, 0.717) is 11.3 Å².